The molecule has 1 unspecified atom stereocenters. The number of carbonyl (C=O) groups is 3. The van der Waals surface area contributed by atoms with Crippen LogP contribution in [0.4, 0.5) is 4.79 Å². The molecular formula is C20H24N4O6. The molecule has 1 aliphatic rings. The highest BCUT2D eigenvalue weighted by atomic mass is 16.5. The summed E-state index contributed by atoms with van der Waals surface area (Å²) in [4.78, 5) is 46.0. The maximum absolute atomic E-state index is 13.1. The summed E-state index contributed by atoms with van der Waals surface area (Å²) in [5.41, 5.74) is 2.50. The van der Waals surface area contributed by atoms with Gasteiger partial charge in [-0.1, -0.05) is 12.1 Å². The quantitative estimate of drug-likeness (QED) is 0.678. The maximum Gasteiger partial charge on any atom is 0.329 e. The van der Waals surface area contributed by atoms with Crippen LogP contribution in [0.1, 0.15) is 29.4 Å². The predicted molar refractivity (Wildman–Crippen MR) is 105 cm³/mol. The Morgan fingerprint density at radius 1 is 1.20 bits per heavy atom. The zero-order valence-corrected chi connectivity index (χ0v) is 17.0. The number of hydrogen-bond acceptors (Lipinski definition) is 7. The van der Waals surface area contributed by atoms with Gasteiger partial charge in [0.05, 0.1) is 39.8 Å². The van der Waals surface area contributed by atoms with E-state index >= 15 is 0 Å². The summed E-state index contributed by atoms with van der Waals surface area (Å²) in [5, 5.41) is 2.60. The average molecular weight is 416 g/mol. The number of urea groups is 1. The van der Waals surface area contributed by atoms with Crippen LogP contribution < -0.4 is 10.1 Å². The Morgan fingerprint density at radius 3 is 2.57 bits per heavy atom. The molecule has 2 atom stereocenters. The SMILES string of the molecule is COC(=O)C[C@H](NC(=O)N1CCc2[nH]cnc2C1c1ccc(OC)cc1)C(=O)OC. The molecule has 10 heteroatoms. The summed E-state index contributed by atoms with van der Waals surface area (Å²) in [6, 6.07) is 5.19. The molecule has 10 nitrogen and oxygen atoms in total. The number of nitrogens with zero attached hydrogens (tertiary/aromatic N) is 2. The number of amides is 2. The molecule has 2 heterocycles. The van der Waals surface area contributed by atoms with E-state index in [1.807, 2.05) is 12.1 Å². The van der Waals surface area contributed by atoms with Crippen LogP contribution in [-0.2, 0) is 25.5 Å². The molecule has 0 fully saturated rings. The monoisotopic (exact) mass is 416 g/mol. The fourth-order valence-electron chi connectivity index (χ4n) is 3.44. The van der Waals surface area contributed by atoms with E-state index in [2.05, 4.69) is 20.0 Å². The van der Waals surface area contributed by atoms with Crippen molar-refractivity contribution in [3.63, 3.8) is 0 Å². The second-order valence-electron chi connectivity index (χ2n) is 6.69. The van der Waals surface area contributed by atoms with E-state index in [0.29, 0.717) is 18.7 Å². The lowest BCUT2D eigenvalue weighted by Gasteiger charge is -2.36. The number of aromatic nitrogens is 2. The highest BCUT2D eigenvalue weighted by Crippen LogP contribution is 2.34. The molecule has 1 aromatic heterocycles. The largest absolute Gasteiger partial charge is 0.497 e. The first kappa shape index (κ1) is 21.2. The van der Waals surface area contributed by atoms with Crippen molar-refractivity contribution in [3.05, 3.63) is 47.5 Å². The molecule has 2 N–H and O–H groups in total. The Morgan fingerprint density at radius 2 is 1.93 bits per heavy atom. The molecule has 2 aromatic rings. The number of methoxy groups -OCH3 is 3. The van der Waals surface area contributed by atoms with Crippen LogP contribution in [0.15, 0.2) is 30.6 Å². The van der Waals surface area contributed by atoms with Crippen LogP contribution in [0, 0.1) is 0 Å². The summed E-state index contributed by atoms with van der Waals surface area (Å²) in [6.07, 6.45) is 1.84. The first-order valence-corrected chi connectivity index (χ1v) is 9.36. The van der Waals surface area contributed by atoms with Gasteiger partial charge in [0.2, 0.25) is 0 Å². The topological polar surface area (TPSA) is 123 Å². The lowest BCUT2D eigenvalue weighted by Crippen LogP contribution is -2.52. The Labute approximate surface area is 173 Å². The first-order valence-electron chi connectivity index (χ1n) is 9.36. The zero-order valence-electron chi connectivity index (χ0n) is 17.0. The van der Waals surface area contributed by atoms with Gasteiger partial charge >= 0.3 is 18.0 Å². The lowest BCUT2D eigenvalue weighted by atomic mass is 9.96. The lowest BCUT2D eigenvalue weighted by molar-refractivity contribution is -0.149. The average Bonchev–Trinajstić information content (AvgIpc) is 3.26. The van der Waals surface area contributed by atoms with Crippen LogP contribution in [0.25, 0.3) is 0 Å². The van der Waals surface area contributed by atoms with Gasteiger partial charge in [0, 0.05) is 18.7 Å². The van der Waals surface area contributed by atoms with E-state index in [4.69, 9.17) is 9.47 Å². The Kier molecular flexibility index (Phi) is 6.55. The number of fused-ring (bicyclic) bond motifs is 1. The van der Waals surface area contributed by atoms with E-state index in [1.54, 1.807) is 30.5 Å². The third-order valence-electron chi connectivity index (χ3n) is 5.00. The third-order valence-corrected chi connectivity index (χ3v) is 5.00. The van der Waals surface area contributed by atoms with Crippen molar-refractivity contribution < 1.29 is 28.6 Å². The second-order valence-corrected chi connectivity index (χ2v) is 6.69. The molecule has 1 aliphatic heterocycles. The molecule has 0 saturated carbocycles. The van der Waals surface area contributed by atoms with Crippen LogP contribution >= 0.6 is 0 Å². The highest BCUT2D eigenvalue weighted by molar-refractivity contribution is 5.87. The number of benzene rings is 1. The number of esters is 2. The van der Waals surface area contributed by atoms with Crippen molar-refractivity contribution in [1.29, 1.82) is 0 Å². The summed E-state index contributed by atoms with van der Waals surface area (Å²) in [5.74, 6) is -0.672. The molecule has 0 saturated heterocycles. The number of H-pyrrole nitrogens is 1. The third kappa shape index (κ3) is 4.37. The highest BCUT2D eigenvalue weighted by Gasteiger charge is 2.36. The summed E-state index contributed by atoms with van der Waals surface area (Å²) < 4.78 is 14.5. The molecule has 0 bridgehead atoms. The van der Waals surface area contributed by atoms with E-state index in [0.717, 1.165) is 17.0 Å². The van der Waals surface area contributed by atoms with Crippen molar-refractivity contribution in [2.75, 3.05) is 27.9 Å². The number of ether oxygens (including phenoxy) is 3. The molecule has 0 spiro atoms. The van der Waals surface area contributed by atoms with Crippen molar-refractivity contribution in [1.82, 2.24) is 20.2 Å². The summed E-state index contributed by atoms with van der Waals surface area (Å²) >= 11 is 0. The van der Waals surface area contributed by atoms with Crippen LogP contribution in [0.3, 0.4) is 0 Å². The number of imidazole rings is 1. The number of hydrogen-bond donors (Lipinski definition) is 2. The Balaban J connectivity index is 1.88. The standard InChI is InChI=1S/C20H24N4O6/c1-28-13-6-4-12(5-7-13)18-17-14(21-11-22-17)8-9-24(18)20(27)23-15(19(26)30-3)10-16(25)29-2/h4-7,11,15,18H,8-10H2,1-3H3,(H,21,22)(H,23,27)/t15-,18?/m0/s1. The Bertz CT molecular complexity index is 910. The van der Waals surface area contributed by atoms with Crippen LogP contribution in [0.5, 0.6) is 5.75 Å². The minimum atomic E-state index is -1.16. The predicted octanol–water partition coefficient (Wildman–Crippen LogP) is 1.18. The minimum Gasteiger partial charge on any atom is -0.497 e. The molecular weight excluding hydrogens is 392 g/mol. The second kappa shape index (κ2) is 9.29. The van der Waals surface area contributed by atoms with Gasteiger partial charge in [0.15, 0.2) is 0 Å². The van der Waals surface area contributed by atoms with Gasteiger partial charge in [-0.05, 0) is 17.7 Å². The number of aromatic amines is 1. The smallest absolute Gasteiger partial charge is 0.329 e. The van der Waals surface area contributed by atoms with Gasteiger partial charge in [-0.25, -0.2) is 14.6 Å². The summed E-state index contributed by atoms with van der Waals surface area (Å²) in [6.45, 7) is 0.393. The molecule has 30 heavy (non-hydrogen) atoms. The normalized spacial score (nSPS) is 16.2. The molecule has 0 radical (unpaired) electrons. The van der Waals surface area contributed by atoms with Gasteiger partial charge in [-0.15, -0.1) is 0 Å². The van der Waals surface area contributed by atoms with Gasteiger partial charge in [-0.3, -0.25) is 4.79 Å². The minimum absolute atomic E-state index is 0.330. The van der Waals surface area contributed by atoms with Gasteiger partial charge in [-0.2, -0.15) is 0 Å². The molecule has 1 aromatic carbocycles. The van der Waals surface area contributed by atoms with Crippen molar-refractivity contribution in [3.8, 4) is 5.75 Å². The molecule has 0 aliphatic carbocycles. The Hall–Kier alpha value is -3.56. The van der Waals surface area contributed by atoms with Crippen molar-refractivity contribution in [2.45, 2.75) is 24.9 Å². The maximum atomic E-state index is 13.1. The molecule has 160 valence electrons. The van der Waals surface area contributed by atoms with E-state index in [9.17, 15) is 14.4 Å². The fourth-order valence-corrected chi connectivity index (χ4v) is 3.44. The van der Waals surface area contributed by atoms with Crippen molar-refractivity contribution >= 4 is 18.0 Å². The van der Waals surface area contributed by atoms with Gasteiger partial charge in [0.25, 0.3) is 0 Å². The van der Waals surface area contributed by atoms with E-state index in [1.165, 1.54) is 14.2 Å². The number of rotatable bonds is 6. The van der Waals surface area contributed by atoms with Gasteiger partial charge < -0.3 is 29.4 Å². The number of carbonyl (C=O) groups excluding carboxylic acids is 3. The van der Waals surface area contributed by atoms with Crippen LogP contribution in [0.2, 0.25) is 0 Å². The fraction of sp³-hybridized carbons (Fsp3) is 0.400. The first-order chi connectivity index (χ1) is 14.5. The van der Waals surface area contributed by atoms with E-state index in [-0.39, 0.29) is 6.42 Å². The van der Waals surface area contributed by atoms with E-state index < -0.39 is 30.1 Å². The van der Waals surface area contributed by atoms with Gasteiger partial charge in [0.1, 0.15) is 17.8 Å². The van der Waals surface area contributed by atoms with Crippen molar-refractivity contribution in [2.24, 2.45) is 0 Å². The molecule has 2 amide bonds. The zero-order chi connectivity index (χ0) is 21.7. The number of nitrogens with one attached hydrogen (secondary N) is 2. The van der Waals surface area contributed by atoms with Crippen LogP contribution in [-0.4, -0.2) is 66.8 Å². The molecule has 3 rings (SSSR count). The summed E-state index contributed by atoms with van der Waals surface area (Å²) in [7, 11) is 3.98.